The van der Waals surface area contributed by atoms with Gasteiger partial charge in [-0.2, -0.15) is 0 Å². The highest BCUT2D eigenvalue weighted by Crippen LogP contribution is 2.47. The molecule has 10 N–H and O–H groups in total. The Morgan fingerprint density at radius 1 is 0.825 bits per heavy atom. The van der Waals surface area contributed by atoms with Crippen molar-refractivity contribution in [1.82, 2.24) is 15.6 Å². The fourth-order valence-electron chi connectivity index (χ4n) is 14.2. The molecular formula is C67H82N4O9. The molecule has 13 heteroatoms. The number of carbonyl (C=O) groups is 2. The molecule has 13 nitrogen and oxygen atoms in total. The summed E-state index contributed by atoms with van der Waals surface area (Å²) >= 11 is 0. The fraction of sp³-hybridized carbons (Fsp3) is 0.493. The largest absolute Gasteiger partial charge is 0.507 e. The SMILES string of the molecule is CCCC1C(O)Cc2cc(c[nH]2)C(C)CNCC(O)Cc2ccc3ccc(cc3c2O)NC2=CC(=CCN2)CC2CC3C#CC(c4ccccc4C4CCCC(CO)C4)c4cc(O)c(OC)cc4CCC(=O)C(O)C(=O)C3CC1C2. The van der Waals surface area contributed by atoms with Crippen LogP contribution >= 0.6 is 0 Å². The third kappa shape index (κ3) is 12.9. The van der Waals surface area contributed by atoms with Crippen LogP contribution in [0, 0.1) is 47.3 Å². The van der Waals surface area contributed by atoms with E-state index in [0.29, 0.717) is 69.1 Å². The topological polar surface area (TPSA) is 217 Å². The van der Waals surface area contributed by atoms with Gasteiger partial charge in [-0.3, -0.25) is 9.59 Å². The Labute approximate surface area is 471 Å². The number of aromatic amines is 1. The summed E-state index contributed by atoms with van der Waals surface area (Å²) < 4.78 is 5.62. The maximum Gasteiger partial charge on any atom is 0.173 e. The predicted octanol–water partition coefficient (Wildman–Crippen LogP) is 9.59. The number of aryl methyl sites for hydroxylation is 1. The molecule has 12 atom stereocenters. The maximum absolute atomic E-state index is 15.3. The lowest BCUT2D eigenvalue weighted by atomic mass is 9.72. The van der Waals surface area contributed by atoms with Crippen molar-refractivity contribution in [1.29, 1.82) is 0 Å². The Hall–Kier alpha value is -6.40. The highest BCUT2D eigenvalue weighted by atomic mass is 16.5. The van der Waals surface area contributed by atoms with E-state index in [0.717, 1.165) is 88.1 Å². The van der Waals surface area contributed by atoms with E-state index in [9.17, 15) is 35.4 Å². The number of allylic oxidation sites excluding steroid dienone is 2. The molecule has 2 saturated carbocycles. The van der Waals surface area contributed by atoms with Crippen LogP contribution in [0.5, 0.6) is 17.2 Å². The van der Waals surface area contributed by atoms with Gasteiger partial charge in [0, 0.05) is 80.3 Å². The Morgan fingerprint density at radius 2 is 1.65 bits per heavy atom. The molecule has 1 aromatic heterocycles. The number of fused-ring (bicyclic) bond motifs is 9. The minimum atomic E-state index is -1.86. The second kappa shape index (κ2) is 25.6. The van der Waals surface area contributed by atoms with Crippen LogP contribution in [-0.2, 0) is 28.9 Å². The number of ether oxygens (including phenoxy) is 1. The zero-order valence-corrected chi connectivity index (χ0v) is 46.7. The quantitative estimate of drug-likeness (QED) is 0.0568. The number of phenols is 2. The van der Waals surface area contributed by atoms with Gasteiger partial charge in [0.25, 0.3) is 0 Å². The van der Waals surface area contributed by atoms with E-state index in [1.807, 2.05) is 42.6 Å². The fourth-order valence-corrected chi connectivity index (χ4v) is 14.2. The zero-order chi connectivity index (χ0) is 56.0. The van der Waals surface area contributed by atoms with Crippen molar-refractivity contribution in [3.63, 3.8) is 0 Å². The van der Waals surface area contributed by atoms with Crippen molar-refractivity contribution in [2.75, 3.05) is 38.7 Å². The van der Waals surface area contributed by atoms with Crippen molar-refractivity contribution in [3.8, 4) is 29.1 Å². The highest BCUT2D eigenvalue weighted by molar-refractivity contribution is 6.06. The van der Waals surface area contributed by atoms with Crippen molar-refractivity contribution in [3.05, 3.63) is 142 Å². The monoisotopic (exact) mass is 1090 g/mol. The van der Waals surface area contributed by atoms with E-state index in [-0.39, 0.29) is 78.6 Å². The normalized spacial score (nSPS) is 29.0. The number of rotatable bonds is 6. The number of hydrogen-bond acceptors (Lipinski definition) is 12. The van der Waals surface area contributed by atoms with Gasteiger partial charge in [0.15, 0.2) is 29.2 Å². The first-order valence-electron chi connectivity index (χ1n) is 29.5. The third-order valence-corrected chi connectivity index (χ3v) is 18.4. The van der Waals surface area contributed by atoms with E-state index in [1.54, 1.807) is 12.1 Å². The third-order valence-electron chi connectivity index (χ3n) is 18.4. The number of H-pyrrole nitrogens is 1. The van der Waals surface area contributed by atoms with Crippen molar-refractivity contribution in [2.24, 2.45) is 35.5 Å². The molecule has 0 spiro atoms. The first-order valence-corrected chi connectivity index (χ1v) is 29.5. The molecule has 12 unspecified atom stereocenters. The molecular weight excluding hydrogens is 1000 g/mol. The lowest BCUT2D eigenvalue weighted by Crippen LogP contribution is -2.40. The molecule has 2 fully saturated rings. The van der Waals surface area contributed by atoms with E-state index < -0.39 is 47.6 Å². The Morgan fingerprint density at radius 3 is 2.46 bits per heavy atom. The average Bonchev–Trinajstić information content (AvgIpc) is 4.03. The molecule has 424 valence electrons. The van der Waals surface area contributed by atoms with E-state index in [4.69, 9.17) is 4.74 Å². The van der Waals surface area contributed by atoms with Crippen molar-refractivity contribution in [2.45, 2.75) is 140 Å². The lowest BCUT2D eigenvalue weighted by Gasteiger charge is -2.33. The number of phenolic OH excluding ortho intramolecular Hbond substituents is 2. The van der Waals surface area contributed by atoms with Crippen LogP contribution in [0.25, 0.3) is 10.8 Å². The summed E-state index contributed by atoms with van der Waals surface area (Å²) in [6.45, 7) is 5.88. The van der Waals surface area contributed by atoms with E-state index in [2.05, 4.69) is 83.0 Å². The minimum Gasteiger partial charge on any atom is -0.507 e. The maximum atomic E-state index is 15.3. The summed E-state index contributed by atoms with van der Waals surface area (Å²) in [7, 11) is 1.49. The van der Waals surface area contributed by atoms with Crippen LogP contribution in [0.3, 0.4) is 0 Å². The number of aromatic hydroxyl groups is 2. The smallest absolute Gasteiger partial charge is 0.173 e. The second-order valence-electron chi connectivity index (χ2n) is 24.0. The Bertz CT molecular complexity index is 3150. The van der Waals surface area contributed by atoms with Gasteiger partial charge in [-0.05, 0) is 174 Å². The molecule has 5 aliphatic rings. The molecule has 0 saturated heterocycles. The minimum absolute atomic E-state index is 0.0263. The summed E-state index contributed by atoms with van der Waals surface area (Å²) in [5.74, 6) is 5.64. The molecule has 10 rings (SSSR count). The second-order valence-corrected chi connectivity index (χ2v) is 24.0. The predicted molar refractivity (Wildman–Crippen MR) is 313 cm³/mol. The van der Waals surface area contributed by atoms with Gasteiger partial charge >= 0.3 is 0 Å². The number of benzene rings is 4. The number of aliphatic hydroxyl groups is 4. The van der Waals surface area contributed by atoms with Crippen LogP contribution < -0.4 is 20.7 Å². The van der Waals surface area contributed by atoms with Gasteiger partial charge < -0.3 is 56.3 Å². The summed E-state index contributed by atoms with van der Waals surface area (Å²) in [6.07, 6.45) is 11.1. The number of anilines is 1. The van der Waals surface area contributed by atoms with E-state index in [1.165, 1.54) is 7.11 Å². The number of nitrogens with one attached hydrogen (secondary N) is 4. The average molecular weight is 1090 g/mol. The molecule has 0 radical (unpaired) electrons. The molecule has 4 aromatic carbocycles. The van der Waals surface area contributed by atoms with Gasteiger partial charge in [0.2, 0.25) is 0 Å². The van der Waals surface area contributed by atoms with Crippen LogP contribution in [0.4, 0.5) is 5.69 Å². The molecule has 3 heterocycles. The molecule has 80 heavy (non-hydrogen) atoms. The molecule has 9 bridgehead atoms. The number of methoxy groups -OCH3 is 1. The van der Waals surface area contributed by atoms with Crippen LogP contribution in [0.1, 0.15) is 141 Å². The lowest BCUT2D eigenvalue weighted by molar-refractivity contribution is -0.142. The first-order chi connectivity index (χ1) is 38.8. The summed E-state index contributed by atoms with van der Waals surface area (Å²) in [6, 6.07) is 23.7. The van der Waals surface area contributed by atoms with Crippen LogP contribution in [-0.4, -0.2) is 98.9 Å². The molecule has 0 amide bonds. The van der Waals surface area contributed by atoms with Gasteiger partial charge in [0.05, 0.1) is 25.2 Å². The summed E-state index contributed by atoms with van der Waals surface area (Å²) in [5.41, 5.74) is 8.12. The zero-order valence-electron chi connectivity index (χ0n) is 46.7. The molecule has 2 aliphatic heterocycles. The van der Waals surface area contributed by atoms with Gasteiger partial charge in [-0.15, -0.1) is 0 Å². The standard InChI is InChI=1S/C67H82N4O9/c1-4-8-54-48-26-42(23-40-21-22-69-64(27-40)71-50-18-15-43-13-14-47(65(77)59(43)32-50)29-52(73)37-68-35-39(2)49-28-51(70-36-49)33-61(54)75)25-45-16-19-56(55-12-6-5-11-53(55)44-10-7-9-41(24-44)38-72)57-34-62(76)63(80-3)31-46(57)17-20-60(74)67(79)66(78)58(45)30-48/h5-6,11-15,18,21,27-28,31-32,34,36,39,41-42,44-45,48,52,54,56,58,61,67-73,75-77,79H,4,7-10,17,20,22-26,29-30,33,35,37-38H2,1-3H3. The van der Waals surface area contributed by atoms with Crippen molar-refractivity contribution >= 4 is 28.0 Å². The highest BCUT2D eigenvalue weighted by Gasteiger charge is 2.44. The number of hydrogen-bond donors (Lipinski definition) is 10. The van der Waals surface area contributed by atoms with Gasteiger partial charge in [0.1, 0.15) is 11.6 Å². The van der Waals surface area contributed by atoms with Crippen molar-refractivity contribution < 1.29 is 45.0 Å². The number of β-amino-alcohol motifs (C(OH)–C–C–N with tert-alkyl or cyclic N) is 1. The van der Waals surface area contributed by atoms with Gasteiger partial charge in [-0.25, -0.2) is 0 Å². The first kappa shape index (κ1) is 56.9. The number of ketones is 2. The number of Topliss-reactive ketones (excluding diaryl/α,β-unsaturated/α-hetero) is 2. The number of aromatic nitrogens is 1. The Balaban J connectivity index is 1.09. The van der Waals surface area contributed by atoms with Crippen LogP contribution in [0.15, 0.2) is 103 Å². The van der Waals surface area contributed by atoms with Crippen LogP contribution in [0.2, 0.25) is 0 Å². The number of carbonyl (C=O) groups excluding carboxylic acids is 2. The molecule has 3 aliphatic carbocycles. The number of dihydropyridines is 1. The summed E-state index contributed by atoms with van der Waals surface area (Å²) in [4.78, 5) is 33.0. The van der Waals surface area contributed by atoms with E-state index >= 15 is 4.79 Å². The number of aliphatic hydroxyl groups excluding tert-OH is 4. The Kier molecular flexibility index (Phi) is 18.2. The molecule has 5 aromatic rings. The van der Waals surface area contributed by atoms with Gasteiger partial charge in [-0.1, -0.05) is 87.1 Å². The summed E-state index contributed by atoms with van der Waals surface area (Å²) in [5, 5.41) is 81.3.